The monoisotopic (exact) mass is 1150 g/mol. The minimum absolute atomic E-state index is 0.0607. The van der Waals surface area contributed by atoms with Crippen molar-refractivity contribution in [2.24, 2.45) is 0 Å². The average molecular weight is 1150 g/mol. The molecular weight excluding hydrogens is 1060 g/mol. The molecule has 8 heteroatoms. The third-order valence-electron chi connectivity index (χ3n) is 18.2. The van der Waals surface area contributed by atoms with Crippen molar-refractivity contribution in [1.82, 2.24) is 0 Å². The lowest BCUT2D eigenvalue weighted by Gasteiger charge is -2.33. The first-order chi connectivity index (χ1) is 37.9. The molecule has 4 atom stereocenters. The van der Waals surface area contributed by atoms with Crippen LogP contribution in [0.1, 0.15) is 230 Å². The molecule has 1 aliphatic heterocycles. The van der Waals surface area contributed by atoms with E-state index in [1.807, 2.05) is 35.6 Å². The van der Waals surface area contributed by atoms with Crippen molar-refractivity contribution >= 4 is 99.5 Å². The SMILES string of the molecule is CCCCCCCCC1(CCCCCCCC)c2cc(P)ccc2-c2cc3c(cc21)-c1ccc(P)cc1S3(=O)=O.CCCCCCCCC1(CCCCCCCC)c2cc(P)ccc2-c2cc3sc4cc(P)ccc4c3cc21. The van der Waals surface area contributed by atoms with Gasteiger partial charge in [0.2, 0.25) is 9.84 Å². The zero-order valence-electron chi connectivity index (χ0n) is 48.0. The van der Waals surface area contributed by atoms with E-state index in [9.17, 15) is 8.42 Å². The van der Waals surface area contributed by atoms with Crippen molar-refractivity contribution in [3.63, 3.8) is 0 Å². The van der Waals surface area contributed by atoms with Crippen molar-refractivity contribution in [2.75, 3.05) is 0 Å². The number of hydrogen-bond donors (Lipinski definition) is 0. The summed E-state index contributed by atoms with van der Waals surface area (Å²) in [6.45, 7) is 9.19. The Labute approximate surface area is 485 Å². The Bertz CT molecular complexity index is 3260. The molecule has 0 spiro atoms. The van der Waals surface area contributed by atoms with Gasteiger partial charge in [0.1, 0.15) is 0 Å². The second-order valence-corrected chi connectivity index (χ2v) is 29.4. The van der Waals surface area contributed by atoms with Crippen LogP contribution in [0, 0.1) is 0 Å². The van der Waals surface area contributed by atoms with E-state index in [4.69, 9.17) is 0 Å². The highest BCUT2D eigenvalue weighted by molar-refractivity contribution is 7.92. The molecule has 0 fully saturated rings. The number of rotatable bonds is 28. The summed E-state index contributed by atoms with van der Waals surface area (Å²) < 4.78 is 30.3. The largest absolute Gasteiger partial charge is 0.218 e. The van der Waals surface area contributed by atoms with Crippen LogP contribution in [-0.2, 0) is 20.7 Å². The maximum atomic E-state index is 13.7. The lowest BCUT2D eigenvalue weighted by Crippen LogP contribution is -2.26. The number of benzene rings is 6. The van der Waals surface area contributed by atoms with Gasteiger partial charge < -0.3 is 0 Å². The van der Waals surface area contributed by atoms with Gasteiger partial charge in [-0.1, -0.05) is 242 Å². The van der Waals surface area contributed by atoms with E-state index >= 15 is 0 Å². The predicted molar refractivity (Wildman–Crippen MR) is 358 cm³/mol. The van der Waals surface area contributed by atoms with Gasteiger partial charge in [0.25, 0.3) is 0 Å². The van der Waals surface area contributed by atoms with Gasteiger partial charge in [0.15, 0.2) is 0 Å². The van der Waals surface area contributed by atoms with Crippen LogP contribution in [0.3, 0.4) is 0 Å². The Kier molecular flexibility index (Phi) is 21.1. The topological polar surface area (TPSA) is 34.1 Å². The summed E-state index contributed by atoms with van der Waals surface area (Å²) in [5.41, 5.74) is 13.2. The quantitative estimate of drug-likeness (QED) is 0.0362. The van der Waals surface area contributed by atoms with E-state index in [0.717, 1.165) is 34.8 Å². The van der Waals surface area contributed by atoms with Crippen molar-refractivity contribution in [2.45, 2.75) is 228 Å². The van der Waals surface area contributed by atoms with E-state index in [0.29, 0.717) is 9.79 Å². The van der Waals surface area contributed by atoms with Gasteiger partial charge in [-0.3, -0.25) is 0 Å². The molecule has 6 aromatic carbocycles. The number of unbranched alkanes of at least 4 members (excludes halogenated alkanes) is 20. The molecule has 2 aliphatic carbocycles. The first kappa shape index (κ1) is 59.8. The second-order valence-electron chi connectivity index (χ2n) is 23.7. The van der Waals surface area contributed by atoms with Gasteiger partial charge >= 0.3 is 0 Å². The molecule has 0 saturated carbocycles. The Hall–Kier alpha value is -2.79. The first-order valence-corrected chi connectivity index (χ1v) is 35.4. The Morgan fingerprint density at radius 3 is 1.18 bits per heavy atom. The van der Waals surface area contributed by atoms with Crippen LogP contribution in [0.5, 0.6) is 0 Å². The van der Waals surface area contributed by atoms with Crippen LogP contribution in [0.2, 0.25) is 0 Å². The molecule has 0 radical (unpaired) electrons. The highest BCUT2D eigenvalue weighted by atomic mass is 32.2. The smallest absolute Gasteiger partial charge is 0.207 e. The number of hydrogen-bond acceptors (Lipinski definition) is 3. The van der Waals surface area contributed by atoms with E-state index in [1.165, 1.54) is 231 Å². The molecule has 4 unspecified atom stereocenters. The standard InChI is InChI=1S/C35H46O2P2S.C35H46P2S/c1-3-5-7-9-11-13-19-35(20-14-12-10-8-6-4-2)31-21-25(38)15-17-27(31)29-24-34-30(23-32(29)35)28-18-16-26(39)22-33(28)40(34,36)37;1-3-5-7-9-11-13-19-35(20-14-12-10-8-6-4-2)31-21-25(36)15-17-27(31)29-24-34-30(23-32(29)35)28-18-16-26(37)22-33(28)38-34/h15-18,21-24H,3-14,19-20,38-39H2,1-2H3;15-18,21-24H,3-14,19-20,36-37H2,1-2H3. The van der Waals surface area contributed by atoms with Crippen molar-refractivity contribution < 1.29 is 8.42 Å². The van der Waals surface area contributed by atoms with E-state index in [2.05, 4.69) is 137 Å². The second kappa shape index (κ2) is 27.5. The molecule has 416 valence electrons. The normalized spacial score (nSPS) is 14.7. The van der Waals surface area contributed by atoms with Gasteiger partial charge in [-0.2, -0.15) is 0 Å². The Balaban J connectivity index is 0.000000190. The number of fused-ring (bicyclic) bond motifs is 12. The Morgan fingerprint density at radius 1 is 0.333 bits per heavy atom. The summed E-state index contributed by atoms with van der Waals surface area (Å²) in [5, 5.41) is 7.60. The Morgan fingerprint density at radius 2 is 0.692 bits per heavy atom. The number of thiophene rings is 1. The minimum Gasteiger partial charge on any atom is -0.218 e. The summed E-state index contributed by atoms with van der Waals surface area (Å²) >= 11 is 1.96. The minimum atomic E-state index is -3.53. The third kappa shape index (κ3) is 12.7. The van der Waals surface area contributed by atoms with Crippen molar-refractivity contribution in [1.29, 1.82) is 0 Å². The molecule has 10 rings (SSSR count). The fourth-order valence-electron chi connectivity index (χ4n) is 14.0. The average Bonchev–Trinajstić information content (AvgIpc) is 4.27. The summed E-state index contributed by atoms with van der Waals surface area (Å²) in [4.78, 5) is 0.935. The molecule has 2 heterocycles. The van der Waals surface area contributed by atoms with Crippen LogP contribution in [0.15, 0.2) is 107 Å². The van der Waals surface area contributed by atoms with Gasteiger partial charge in [0, 0.05) is 42.1 Å². The molecule has 0 bridgehead atoms. The van der Waals surface area contributed by atoms with Crippen LogP contribution < -0.4 is 21.2 Å². The maximum absolute atomic E-state index is 13.7. The lowest BCUT2D eigenvalue weighted by molar-refractivity contribution is 0.398. The highest BCUT2D eigenvalue weighted by Gasteiger charge is 2.46. The summed E-state index contributed by atoms with van der Waals surface area (Å²) in [7, 11) is 7.88. The molecule has 1 aromatic heterocycles. The summed E-state index contributed by atoms with van der Waals surface area (Å²) in [5.74, 6) is 0. The fourth-order valence-corrected chi connectivity index (χ4v) is 18.2. The molecule has 0 N–H and O–H groups in total. The fraction of sp³-hybridized carbons (Fsp3) is 0.486. The summed E-state index contributed by atoms with van der Waals surface area (Å²) in [6.07, 6.45) is 36.6. The van der Waals surface area contributed by atoms with E-state index in [1.54, 1.807) is 11.1 Å². The molecule has 0 amide bonds. The molecular formula is C70H92O2P4S2. The van der Waals surface area contributed by atoms with Crippen molar-refractivity contribution in [3.05, 3.63) is 119 Å². The van der Waals surface area contributed by atoms with Crippen LogP contribution in [-0.4, -0.2) is 8.42 Å². The summed E-state index contributed by atoms with van der Waals surface area (Å²) in [6, 6.07) is 36.2. The highest BCUT2D eigenvalue weighted by Crippen LogP contribution is 2.59. The van der Waals surface area contributed by atoms with E-state index in [-0.39, 0.29) is 10.8 Å². The zero-order chi connectivity index (χ0) is 54.9. The predicted octanol–water partition coefficient (Wildman–Crippen LogP) is 20.1. The molecule has 2 nitrogen and oxygen atoms in total. The number of sulfone groups is 1. The van der Waals surface area contributed by atoms with Crippen LogP contribution in [0.4, 0.5) is 0 Å². The maximum Gasteiger partial charge on any atom is 0.207 e. The lowest BCUT2D eigenvalue weighted by atomic mass is 9.70. The molecule has 3 aliphatic rings. The van der Waals surface area contributed by atoms with E-state index < -0.39 is 9.84 Å². The van der Waals surface area contributed by atoms with Gasteiger partial charge in [-0.05, 0) is 128 Å². The van der Waals surface area contributed by atoms with Crippen molar-refractivity contribution in [3.8, 4) is 33.4 Å². The molecule has 78 heavy (non-hydrogen) atoms. The molecule has 7 aromatic rings. The van der Waals surface area contributed by atoms with Crippen LogP contribution >= 0.6 is 48.3 Å². The van der Waals surface area contributed by atoms with Gasteiger partial charge in [-0.15, -0.1) is 48.3 Å². The van der Waals surface area contributed by atoms with Crippen LogP contribution in [0.25, 0.3) is 53.6 Å². The zero-order valence-corrected chi connectivity index (χ0v) is 54.2. The first-order valence-electron chi connectivity index (χ1n) is 30.8. The van der Waals surface area contributed by atoms with Gasteiger partial charge in [0.05, 0.1) is 9.79 Å². The van der Waals surface area contributed by atoms with Gasteiger partial charge in [-0.25, -0.2) is 8.42 Å². The third-order valence-corrected chi connectivity index (χ3v) is 22.6. The molecule has 0 saturated heterocycles.